The van der Waals surface area contributed by atoms with Crippen LogP contribution in [0.3, 0.4) is 0 Å². The van der Waals surface area contributed by atoms with Crippen LogP contribution in [0.5, 0.6) is 5.75 Å². The fraction of sp³-hybridized carbons (Fsp3) is 0.250. The predicted molar refractivity (Wildman–Crippen MR) is 91.4 cm³/mol. The standard InChI is InChI=1S/C20H18O4/c1-2-22-17-12-15(13-8-4-3-5-9-13)18-19(24-17)14-10-6-7-11-16(14)23-20(18)21/h3-11,15,17H,2,12H2,1H3. The van der Waals surface area contributed by atoms with E-state index in [1.54, 1.807) is 6.07 Å². The van der Waals surface area contributed by atoms with Crippen molar-refractivity contribution in [1.29, 1.82) is 0 Å². The first-order chi connectivity index (χ1) is 11.8. The molecule has 1 aromatic heterocycles. The zero-order valence-electron chi connectivity index (χ0n) is 13.4. The Morgan fingerprint density at radius 1 is 1.08 bits per heavy atom. The summed E-state index contributed by atoms with van der Waals surface area (Å²) in [5.41, 5.74) is 1.84. The number of fused-ring (bicyclic) bond motifs is 3. The third-order valence-electron chi connectivity index (χ3n) is 4.38. The van der Waals surface area contributed by atoms with Crippen LogP contribution in [0.4, 0.5) is 0 Å². The summed E-state index contributed by atoms with van der Waals surface area (Å²) in [6, 6.07) is 17.4. The van der Waals surface area contributed by atoms with E-state index in [0.29, 0.717) is 29.9 Å². The van der Waals surface area contributed by atoms with Gasteiger partial charge < -0.3 is 13.9 Å². The molecule has 122 valence electrons. The molecule has 0 saturated heterocycles. The third-order valence-corrected chi connectivity index (χ3v) is 4.38. The maximum atomic E-state index is 12.6. The fourth-order valence-electron chi connectivity index (χ4n) is 3.33. The Bertz CT molecular complexity index is 914. The molecule has 1 aliphatic rings. The monoisotopic (exact) mass is 322 g/mol. The normalized spacial score (nSPS) is 19.7. The first kappa shape index (κ1) is 15.0. The third kappa shape index (κ3) is 2.49. The lowest BCUT2D eigenvalue weighted by Gasteiger charge is -2.31. The second kappa shape index (κ2) is 6.13. The van der Waals surface area contributed by atoms with Gasteiger partial charge in [0.15, 0.2) is 0 Å². The van der Waals surface area contributed by atoms with Gasteiger partial charge in [0.2, 0.25) is 6.29 Å². The van der Waals surface area contributed by atoms with E-state index in [0.717, 1.165) is 10.9 Å². The highest BCUT2D eigenvalue weighted by Gasteiger charge is 2.34. The fourth-order valence-corrected chi connectivity index (χ4v) is 3.33. The second-order valence-corrected chi connectivity index (χ2v) is 5.83. The molecule has 4 heteroatoms. The van der Waals surface area contributed by atoms with E-state index in [1.165, 1.54) is 0 Å². The van der Waals surface area contributed by atoms with Crippen molar-refractivity contribution in [2.24, 2.45) is 0 Å². The summed E-state index contributed by atoms with van der Waals surface area (Å²) in [5, 5.41) is 0.803. The van der Waals surface area contributed by atoms with Crippen molar-refractivity contribution >= 4 is 11.0 Å². The SMILES string of the molecule is CCOC1CC(c2ccccc2)c2c(c3ccccc3oc2=O)O1. The summed E-state index contributed by atoms with van der Waals surface area (Å²) < 4.78 is 17.3. The maximum absolute atomic E-state index is 12.6. The largest absolute Gasteiger partial charge is 0.464 e. The number of hydrogen-bond donors (Lipinski definition) is 0. The minimum atomic E-state index is -0.377. The highest BCUT2D eigenvalue weighted by atomic mass is 16.7. The van der Waals surface area contributed by atoms with Gasteiger partial charge in [-0.15, -0.1) is 0 Å². The summed E-state index contributed by atoms with van der Waals surface area (Å²) >= 11 is 0. The van der Waals surface area contributed by atoms with Crippen LogP contribution in [0.1, 0.15) is 30.4 Å². The van der Waals surface area contributed by atoms with Crippen LogP contribution in [-0.2, 0) is 4.74 Å². The lowest BCUT2D eigenvalue weighted by molar-refractivity contribution is -0.0889. The van der Waals surface area contributed by atoms with Crippen molar-refractivity contribution in [1.82, 2.24) is 0 Å². The molecule has 0 bridgehead atoms. The van der Waals surface area contributed by atoms with Crippen LogP contribution >= 0.6 is 0 Å². The van der Waals surface area contributed by atoms with Crippen molar-refractivity contribution in [3.05, 3.63) is 76.1 Å². The van der Waals surface area contributed by atoms with Crippen molar-refractivity contribution < 1.29 is 13.9 Å². The molecular weight excluding hydrogens is 304 g/mol. The van der Waals surface area contributed by atoms with Crippen LogP contribution in [0, 0.1) is 0 Å². The molecule has 4 nitrogen and oxygen atoms in total. The Labute approximate surface area is 139 Å². The van der Waals surface area contributed by atoms with Crippen molar-refractivity contribution in [3.63, 3.8) is 0 Å². The molecule has 24 heavy (non-hydrogen) atoms. The summed E-state index contributed by atoms with van der Waals surface area (Å²) in [6.07, 6.45) is 0.214. The topological polar surface area (TPSA) is 48.7 Å². The van der Waals surface area contributed by atoms with Gasteiger partial charge in [-0.25, -0.2) is 4.79 Å². The van der Waals surface area contributed by atoms with Crippen LogP contribution in [0.2, 0.25) is 0 Å². The summed E-state index contributed by atoms with van der Waals surface area (Å²) in [4.78, 5) is 12.6. The molecule has 1 aliphatic heterocycles. The van der Waals surface area contributed by atoms with Crippen LogP contribution in [0.15, 0.2) is 63.8 Å². The highest BCUT2D eigenvalue weighted by molar-refractivity contribution is 5.85. The highest BCUT2D eigenvalue weighted by Crippen LogP contribution is 2.42. The predicted octanol–water partition coefficient (Wildman–Crippen LogP) is 4.07. The number of ether oxygens (including phenoxy) is 2. The Balaban J connectivity index is 1.95. The molecule has 0 amide bonds. The van der Waals surface area contributed by atoms with E-state index >= 15 is 0 Å². The molecule has 3 aromatic rings. The van der Waals surface area contributed by atoms with E-state index in [4.69, 9.17) is 13.9 Å². The summed E-state index contributed by atoms with van der Waals surface area (Å²) in [6.45, 7) is 2.49. The maximum Gasteiger partial charge on any atom is 0.343 e. The number of benzene rings is 2. The lowest BCUT2D eigenvalue weighted by Crippen LogP contribution is -2.32. The van der Waals surface area contributed by atoms with Gasteiger partial charge in [0.1, 0.15) is 11.3 Å². The van der Waals surface area contributed by atoms with Crippen molar-refractivity contribution in [2.45, 2.75) is 25.6 Å². The zero-order chi connectivity index (χ0) is 16.5. The minimum Gasteiger partial charge on any atom is -0.464 e. The van der Waals surface area contributed by atoms with E-state index in [1.807, 2.05) is 55.5 Å². The molecule has 0 N–H and O–H groups in total. The molecule has 0 radical (unpaired) electrons. The van der Waals surface area contributed by atoms with E-state index in [9.17, 15) is 4.79 Å². The minimum absolute atomic E-state index is 0.104. The molecular formula is C20H18O4. The smallest absolute Gasteiger partial charge is 0.343 e. The van der Waals surface area contributed by atoms with Gasteiger partial charge in [-0.1, -0.05) is 42.5 Å². The Hall–Kier alpha value is -2.59. The van der Waals surface area contributed by atoms with Gasteiger partial charge in [0.25, 0.3) is 0 Å². The molecule has 2 heterocycles. The second-order valence-electron chi connectivity index (χ2n) is 5.83. The Morgan fingerprint density at radius 3 is 2.62 bits per heavy atom. The Kier molecular flexibility index (Phi) is 3.82. The number of para-hydroxylation sites is 1. The summed E-state index contributed by atoms with van der Waals surface area (Å²) in [7, 11) is 0. The van der Waals surface area contributed by atoms with Crippen molar-refractivity contribution in [2.75, 3.05) is 6.61 Å². The van der Waals surface area contributed by atoms with Gasteiger partial charge in [-0.05, 0) is 24.6 Å². The lowest BCUT2D eigenvalue weighted by atomic mass is 9.86. The molecule has 0 saturated carbocycles. The summed E-state index contributed by atoms with van der Waals surface area (Å²) in [5.74, 6) is 0.479. The average Bonchev–Trinajstić information content (AvgIpc) is 2.62. The number of rotatable bonds is 3. The van der Waals surface area contributed by atoms with Gasteiger partial charge in [-0.2, -0.15) is 0 Å². The zero-order valence-corrected chi connectivity index (χ0v) is 13.4. The van der Waals surface area contributed by atoms with Crippen LogP contribution in [0.25, 0.3) is 11.0 Å². The van der Waals surface area contributed by atoms with Crippen LogP contribution < -0.4 is 10.4 Å². The van der Waals surface area contributed by atoms with Crippen LogP contribution in [-0.4, -0.2) is 12.9 Å². The van der Waals surface area contributed by atoms with Gasteiger partial charge in [0, 0.05) is 18.9 Å². The quantitative estimate of drug-likeness (QED) is 0.682. The molecule has 0 fully saturated rings. The molecule has 2 unspecified atom stereocenters. The number of hydrogen-bond acceptors (Lipinski definition) is 4. The van der Waals surface area contributed by atoms with E-state index in [-0.39, 0.29) is 17.8 Å². The van der Waals surface area contributed by atoms with Gasteiger partial charge >= 0.3 is 5.63 Å². The Morgan fingerprint density at radius 2 is 1.83 bits per heavy atom. The molecule has 2 aromatic carbocycles. The first-order valence-electron chi connectivity index (χ1n) is 8.17. The molecule has 2 atom stereocenters. The first-order valence-corrected chi connectivity index (χ1v) is 8.17. The molecule has 4 rings (SSSR count). The van der Waals surface area contributed by atoms with E-state index < -0.39 is 0 Å². The van der Waals surface area contributed by atoms with E-state index in [2.05, 4.69) is 0 Å². The molecule has 0 aliphatic carbocycles. The van der Waals surface area contributed by atoms with Crippen molar-refractivity contribution in [3.8, 4) is 5.75 Å². The van der Waals surface area contributed by atoms with Gasteiger partial charge in [0.05, 0.1) is 10.9 Å². The van der Waals surface area contributed by atoms with Gasteiger partial charge in [-0.3, -0.25) is 0 Å². The average molecular weight is 322 g/mol. The molecule has 0 spiro atoms.